The van der Waals surface area contributed by atoms with Crippen LogP contribution in [0.5, 0.6) is 0 Å². The first kappa shape index (κ1) is 15.7. The molecule has 0 saturated heterocycles. The van der Waals surface area contributed by atoms with Gasteiger partial charge in [-0.25, -0.2) is 14.0 Å². The van der Waals surface area contributed by atoms with Crippen LogP contribution in [0.15, 0.2) is 48.5 Å². The summed E-state index contributed by atoms with van der Waals surface area (Å²) in [5, 5.41) is 9.07. The largest absolute Gasteiger partial charge is 0.478 e. The van der Waals surface area contributed by atoms with Crippen molar-refractivity contribution in [3.8, 4) is 0 Å². The Bertz CT molecular complexity index is 679. The summed E-state index contributed by atoms with van der Waals surface area (Å²) in [7, 11) is 0. The number of esters is 1. The zero-order valence-corrected chi connectivity index (χ0v) is 12.0. The van der Waals surface area contributed by atoms with Gasteiger partial charge in [0.15, 0.2) is 0 Å². The zero-order valence-electron chi connectivity index (χ0n) is 12.0. The third-order valence-electron chi connectivity index (χ3n) is 3.12. The molecule has 0 heterocycles. The molecule has 2 aromatic carbocycles. The van der Waals surface area contributed by atoms with Gasteiger partial charge in [-0.15, -0.1) is 0 Å². The number of carboxylic acid groups (broad SMARTS) is 1. The van der Waals surface area contributed by atoms with E-state index in [4.69, 9.17) is 9.84 Å². The van der Waals surface area contributed by atoms with E-state index in [1.807, 2.05) is 0 Å². The van der Waals surface area contributed by atoms with Crippen molar-refractivity contribution in [1.82, 2.24) is 0 Å². The molecular weight excluding hydrogens is 287 g/mol. The van der Waals surface area contributed by atoms with E-state index in [1.54, 1.807) is 31.2 Å². The van der Waals surface area contributed by atoms with Crippen molar-refractivity contribution >= 4 is 11.9 Å². The molecule has 2 aromatic rings. The number of carbonyl (C=O) groups excluding carboxylic acids is 1. The van der Waals surface area contributed by atoms with Gasteiger partial charge in [-0.3, -0.25) is 0 Å². The summed E-state index contributed by atoms with van der Waals surface area (Å²) >= 11 is 0. The van der Waals surface area contributed by atoms with Gasteiger partial charge in [0.1, 0.15) is 11.9 Å². The Labute approximate surface area is 127 Å². The standard InChI is InChI=1S/C17H15FO4/c1-11(10-12-6-8-13(18)9-7-12)22-17(21)15-5-3-2-4-14(15)16(19)20/h2-9,11H,10H2,1H3,(H,19,20)/t11-/m0/s1. The lowest BCUT2D eigenvalue weighted by Crippen LogP contribution is -2.19. The SMILES string of the molecule is C[C@@H](Cc1ccc(F)cc1)OC(=O)c1ccccc1C(=O)O. The van der Waals surface area contributed by atoms with Crippen molar-refractivity contribution in [2.45, 2.75) is 19.4 Å². The first-order chi connectivity index (χ1) is 10.5. The summed E-state index contributed by atoms with van der Waals surface area (Å²) in [6.07, 6.45) is -0.0406. The monoisotopic (exact) mass is 302 g/mol. The predicted octanol–water partition coefficient (Wildman–Crippen LogP) is 3.31. The number of benzene rings is 2. The second-order valence-corrected chi connectivity index (χ2v) is 4.90. The quantitative estimate of drug-likeness (QED) is 0.861. The minimum Gasteiger partial charge on any atom is -0.478 e. The van der Waals surface area contributed by atoms with Crippen LogP contribution in [0.1, 0.15) is 33.2 Å². The Morgan fingerprint density at radius 3 is 2.27 bits per heavy atom. The maximum atomic E-state index is 12.8. The van der Waals surface area contributed by atoms with Crippen LogP contribution in [-0.4, -0.2) is 23.1 Å². The molecule has 2 rings (SSSR count). The molecule has 0 radical (unpaired) electrons. The molecule has 0 saturated carbocycles. The molecule has 0 aliphatic rings. The van der Waals surface area contributed by atoms with Crippen LogP contribution >= 0.6 is 0 Å². The summed E-state index contributed by atoms with van der Waals surface area (Å²) in [4.78, 5) is 23.2. The fraction of sp³-hybridized carbons (Fsp3) is 0.176. The maximum Gasteiger partial charge on any atom is 0.339 e. The molecule has 22 heavy (non-hydrogen) atoms. The lowest BCUT2D eigenvalue weighted by molar-refractivity contribution is 0.0336. The molecule has 0 aromatic heterocycles. The molecule has 1 atom stereocenters. The number of aromatic carboxylic acids is 1. The van der Waals surface area contributed by atoms with Crippen LogP contribution in [0.2, 0.25) is 0 Å². The lowest BCUT2D eigenvalue weighted by atomic mass is 10.1. The highest BCUT2D eigenvalue weighted by Gasteiger charge is 2.19. The number of carbonyl (C=O) groups is 2. The molecule has 0 aliphatic heterocycles. The minimum absolute atomic E-state index is 0.0148. The first-order valence-electron chi connectivity index (χ1n) is 6.75. The molecule has 1 N–H and O–H groups in total. The Kier molecular flexibility index (Phi) is 4.88. The fourth-order valence-electron chi connectivity index (χ4n) is 2.09. The van der Waals surface area contributed by atoms with E-state index in [-0.39, 0.29) is 16.9 Å². The number of hydrogen-bond donors (Lipinski definition) is 1. The van der Waals surface area contributed by atoms with Gasteiger partial charge in [0.2, 0.25) is 0 Å². The lowest BCUT2D eigenvalue weighted by Gasteiger charge is -2.14. The van der Waals surface area contributed by atoms with Gasteiger partial charge in [0.05, 0.1) is 11.1 Å². The van der Waals surface area contributed by atoms with Gasteiger partial charge in [0.25, 0.3) is 0 Å². The van der Waals surface area contributed by atoms with Crippen molar-refractivity contribution in [1.29, 1.82) is 0 Å². The van der Waals surface area contributed by atoms with E-state index in [2.05, 4.69) is 0 Å². The molecular formula is C17H15FO4. The molecule has 0 aliphatic carbocycles. The van der Waals surface area contributed by atoms with Gasteiger partial charge in [-0.05, 0) is 36.8 Å². The topological polar surface area (TPSA) is 63.6 Å². The highest BCUT2D eigenvalue weighted by atomic mass is 19.1. The number of rotatable bonds is 5. The smallest absolute Gasteiger partial charge is 0.339 e. The number of halogens is 1. The van der Waals surface area contributed by atoms with E-state index >= 15 is 0 Å². The Morgan fingerprint density at radius 2 is 1.68 bits per heavy atom. The highest BCUT2D eigenvalue weighted by molar-refractivity contribution is 6.02. The van der Waals surface area contributed by atoms with Crippen molar-refractivity contribution in [2.24, 2.45) is 0 Å². The van der Waals surface area contributed by atoms with Gasteiger partial charge in [-0.2, -0.15) is 0 Å². The number of hydrogen-bond acceptors (Lipinski definition) is 3. The minimum atomic E-state index is -1.18. The van der Waals surface area contributed by atoms with Gasteiger partial charge in [-0.1, -0.05) is 24.3 Å². The molecule has 114 valence electrons. The van der Waals surface area contributed by atoms with E-state index in [0.717, 1.165) is 5.56 Å². The molecule has 0 amide bonds. The molecule has 5 heteroatoms. The van der Waals surface area contributed by atoms with Crippen LogP contribution in [0.3, 0.4) is 0 Å². The van der Waals surface area contributed by atoms with Crippen molar-refractivity contribution in [3.63, 3.8) is 0 Å². The highest BCUT2D eigenvalue weighted by Crippen LogP contribution is 2.13. The Hall–Kier alpha value is -2.69. The molecule has 0 fully saturated rings. The average molecular weight is 302 g/mol. The summed E-state index contributed by atoms with van der Waals surface area (Å²) in [6.45, 7) is 1.70. The Balaban J connectivity index is 2.05. The summed E-state index contributed by atoms with van der Waals surface area (Å²) in [5.41, 5.74) is 0.746. The fourth-order valence-corrected chi connectivity index (χ4v) is 2.09. The van der Waals surface area contributed by atoms with Crippen LogP contribution in [0.25, 0.3) is 0 Å². The van der Waals surface area contributed by atoms with Crippen molar-refractivity contribution in [3.05, 3.63) is 71.0 Å². The average Bonchev–Trinajstić information content (AvgIpc) is 2.49. The normalized spacial score (nSPS) is 11.7. The van der Waals surface area contributed by atoms with E-state index < -0.39 is 18.0 Å². The molecule has 0 spiro atoms. The second kappa shape index (κ2) is 6.85. The second-order valence-electron chi connectivity index (χ2n) is 4.90. The van der Waals surface area contributed by atoms with Gasteiger partial charge >= 0.3 is 11.9 Å². The van der Waals surface area contributed by atoms with Crippen molar-refractivity contribution in [2.75, 3.05) is 0 Å². The maximum absolute atomic E-state index is 12.8. The van der Waals surface area contributed by atoms with Gasteiger partial charge in [0, 0.05) is 6.42 Å². The first-order valence-corrected chi connectivity index (χ1v) is 6.75. The molecule has 0 bridgehead atoms. The molecule has 4 nitrogen and oxygen atoms in total. The van der Waals surface area contributed by atoms with E-state index in [1.165, 1.54) is 24.3 Å². The third kappa shape index (κ3) is 3.91. The molecule has 0 unspecified atom stereocenters. The van der Waals surface area contributed by atoms with Crippen LogP contribution < -0.4 is 0 Å². The number of carboxylic acids is 1. The van der Waals surface area contributed by atoms with Crippen LogP contribution in [0, 0.1) is 5.82 Å². The third-order valence-corrected chi connectivity index (χ3v) is 3.12. The van der Waals surface area contributed by atoms with E-state index in [9.17, 15) is 14.0 Å². The summed E-state index contributed by atoms with van der Waals surface area (Å²) < 4.78 is 18.1. The summed E-state index contributed by atoms with van der Waals surface area (Å²) in [6, 6.07) is 11.8. The van der Waals surface area contributed by atoms with Gasteiger partial charge < -0.3 is 9.84 Å². The van der Waals surface area contributed by atoms with Crippen molar-refractivity contribution < 1.29 is 23.8 Å². The van der Waals surface area contributed by atoms with Crippen LogP contribution in [0.4, 0.5) is 4.39 Å². The van der Waals surface area contributed by atoms with Crippen LogP contribution in [-0.2, 0) is 11.2 Å². The zero-order chi connectivity index (χ0) is 16.1. The summed E-state index contributed by atoms with van der Waals surface area (Å²) in [5.74, 6) is -2.20. The Morgan fingerprint density at radius 1 is 1.09 bits per heavy atom. The number of ether oxygens (including phenoxy) is 1. The predicted molar refractivity (Wildman–Crippen MR) is 78.4 cm³/mol. The van der Waals surface area contributed by atoms with E-state index in [0.29, 0.717) is 6.42 Å².